The highest BCUT2D eigenvalue weighted by Gasteiger charge is 2.12. The molecule has 0 saturated heterocycles. The van der Waals surface area contributed by atoms with Crippen molar-refractivity contribution in [3.05, 3.63) is 23.0 Å². The first-order valence-corrected chi connectivity index (χ1v) is 4.70. The molecule has 13 heavy (non-hydrogen) atoms. The van der Waals surface area contributed by atoms with Gasteiger partial charge in [0.05, 0.1) is 0 Å². The van der Waals surface area contributed by atoms with E-state index in [4.69, 9.17) is 0 Å². The minimum absolute atomic E-state index is 0.247. The monoisotopic (exact) mass is 179 g/mol. The van der Waals surface area contributed by atoms with Gasteiger partial charge in [-0.2, -0.15) is 0 Å². The zero-order chi connectivity index (χ0) is 10.0. The Bertz CT molecular complexity index is 310. The number of aromatic amines is 1. The van der Waals surface area contributed by atoms with Gasteiger partial charge < -0.3 is 4.98 Å². The fourth-order valence-electron chi connectivity index (χ4n) is 1.49. The topological polar surface area (TPSA) is 32.9 Å². The molecule has 0 amide bonds. The van der Waals surface area contributed by atoms with Crippen molar-refractivity contribution in [3.63, 3.8) is 0 Å². The Morgan fingerprint density at radius 1 is 1.46 bits per heavy atom. The van der Waals surface area contributed by atoms with Crippen LogP contribution in [0.3, 0.4) is 0 Å². The van der Waals surface area contributed by atoms with Gasteiger partial charge in [0.15, 0.2) is 5.78 Å². The third-order valence-corrected chi connectivity index (χ3v) is 2.04. The second-order valence-electron chi connectivity index (χ2n) is 4.01. The Morgan fingerprint density at radius 2 is 2.08 bits per heavy atom. The smallest absolute Gasteiger partial charge is 0.164 e. The van der Waals surface area contributed by atoms with E-state index in [1.54, 1.807) is 0 Å². The molecule has 0 saturated carbocycles. The molecule has 1 N–H and O–H groups in total. The van der Waals surface area contributed by atoms with Crippen LogP contribution < -0.4 is 0 Å². The van der Waals surface area contributed by atoms with Gasteiger partial charge in [0.1, 0.15) is 0 Å². The number of ketones is 1. The minimum Gasteiger partial charge on any atom is -0.362 e. The van der Waals surface area contributed by atoms with Crippen LogP contribution in [-0.2, 0) is 0 Å². The first-order chi connectivity index (χ1) is 6.00. The summed E-state index contributed by atoms with van der Waals surface area (Å²) >= 11 is 0. The average molecular weight is 179 g/mol. The van der Waals surface area contributed by atoms with Crippen LogP contribution in [-0.4, -0.2) is 10.8 Å². The molecule has 72 valence electrons. The van der Waals surface area contributed by atoms with E-state index in [0.717, 1.165) is 17.0 Å². The Labute approximate surface area is 79.4 Å². The van der Waals surface area contributed by atoms with Crippen molar-refractivity contribution >= 4 is 5.78 Å². The lowest BCUT2D eigenvalue weighted by Gasteiger charge is -2.02. The van der Waals surface area contributed by atoms with Gasteiger partial charge in [-0.05, 0) is 25.8 Å². The third-order valence-electron chi connectivity index (χ3n) is 2.04. The summed E-state index contributed by atoms with van der Waals surface area (Å²) in [7, 11) is 0. The van der Waals surface area contributed by atoms with Crippen molar-refractivity contribution < 1.29 is 4.79 Å². The maximum Gasteiger partial charge on any atom is 0.164 e. The van der Waals surface area contributed by atoms with E-state index in [2.05, 4.69) is 18.8 Å². The van der Waals surface area contributed by atoms with Crippen molar-refractivity contribution in [1.29, 1.82) is 0 Å². The van der Waals surface area contributed by atoms with E-state index in [1.165, 1.54) is 0 Å². The van der Waals surface area contributed by atoms with E-state index in [1.807, 2.05) is 19.9 Å². The first-order valence-electron chi connectivity index (χ1n) is 4.70. The normalized spacial score (nSPS) is 10.8. The van der Waals surface area contributed by atoms with Crippen molar-refractivity contribution in [2.24, 2.45) is 5.92 Å². The standard InChI is InChI=1S/C11H17NO/c1-7(2)5-11(13)10-6-8(3)12-9(10)4/h6-7,12H,5H2,1-4H3. The van der Waals surface area contributed by atoms with E-state index in [0.29, 0.717) is 12.3 Å². The minimum atomic E-state index is 0.247. The highest BCUT2D eigenvalue weighted by molar-refractivity contribution is 5.97. The Hall–Kier alpha value is -1.05. The Balaban J connectivity index is 2.82. The van der Waals surface area contributed by atoms with Gasteiger partial charge in [0.2, 0.25) is 0 Å². The summed E-state index contributed by atoms with van der Waals surface area (Å²) in [5.41, 5.74) is 2.90. The molecule has 2 heteroatoms. The lowest BCUT2D eigenvalue weighted by atomic mass is 10.0. The number of aryl methyl sites for hydroxylation is 2. The molecule has 0 fully saturated rings. The molecule has 0 aliphatic rings. The van der Waals surface area contributed by atoms with E-state index in [9.17, 15) is 4.79 Å². The van der Waals surface area contributed by atoms with Crippen LogP contribution in [0.15, 0.2) is 6.07 Å². The van der Waals surface area contributed by atoms with Crippen LogP contribution in [0.2, 0.25) is 0 Å². The van der Waals surface area contributed by atoms with Crippen LogP contribution in [0.1, 0.15) is 42.0 Å². The first kappa shape index (κ1) is 10.0. The third kappa shape index (κ3) is 2.44. The highest BCUT2D eigenvalue weighted by Crippen LogP contribution is 2.14. The Morgan fingerprint density at radius 3 is 2.46 bits per heavy atom. The summed E-state index contributed by atoms with van der Waals surface area (Å²) in [6.07, 6.45) is 0.637. The number of H-pyrrole nitrogens is 1. The molecule has 0 bridgehead atoms. The molecule has 0 radical (unpaired) electrons. The fraction of sp³-hybridized carbons (Fsp3) is 0.545. The SMILES string of the molecule is Cc1cc(C(=O)CC(C)C)c(C)[nH]1. The number of carbonyl (C=O) groups is 1. The molecule has 0 aliphatic carbocycles. The lowest BCUT2D eigenvalue weighted by Crippen LogP contribution is -2.03. The lowest BCUT2D eigenvalue weighted by molar-refractivity contribution is 0.0967. The molecular weight excluding hydrogens is 162 g/mol. The molecule has 1 aromatic heterocycles. The van der Waals surface area contributed by atoms with Gasteiger partial charge in [-0.25, -0.2) is 0 Å². The Kier molecular flexibility index (Phi) is 2.91. The van der Waals surface area contributed by atoms with Gasteiger partial charge >= 0.3 is 0 Å². The molecule has 0 unspecified atom stereocenters. The summed E-state index contributed by atoms with van der Waals surface area (Å²) < 4.78 is 0. The van der Waals surface area contributed by atoms with Gasteiger partial charge in [0.25, 0.3) is 0 Å². The van der Waals surface area contributed by atoms with Crippen molar-refractivity contribution in [2.75, 3.05) is 0 Å². The van der Waals surface area contributed by atoms with Gasteiger partial charge in [-0.3, -0.25) is 4.79 Å². The number of hydrogen-bond acceptors (Lipinski definition) is 1. The number of Topliss-reactive ketones (excluding diaryl/α,β-unsaturated/α-hetero) is 1. The molecular formula is C11H17NO. The van der Waals surface area contributed by atoms with Crippen molar-refractivity contribution in [1.82, 2.24) is 4.98 Å². The van der Waals surface area contributed by atoms with Crippen LogP contribution in [0, 0.1) is 19.8 Å². The molecule has 0 atom stereocenters. The molecule has 0 spiro atoms. The van der Waals surface area contributed by atoms with Crippen LogP contribution in [0.5, 0.6) is 0 Å². The zero-order valence-electron chi connectivity index (χ0n) is 8.77. The number of nitrogens with one attached hydrogen (secondary N) is 1. The van der Waals surface area contributed by atoms with Crippen molar-refractivity contribution in [3.8, 4) is 0 Å². The maximum absolute atomic E-state index is 11.7. The molecule has 0 aromatic carbocycles. The summed E-state index contributed by atoms with van der Waals surface area (Å²) in [6.45, 7) is 8.04. The molecule has 0 aliphatic heterocycles. The van der Waals surface area contributed by atoms with E-state index in [-0.39, 0.29) is 5.78 Å². The number of carbonyl (C=O) groups excluding carboxylic acids is 1. The van der Waals surface area contributed by atoms with Gasteiger partial charge in [0, 0.05) is 23.4 Å². The second-order valence-corrected chi connectivity index (χ2v) is 4.01. The summed E-state index contributed by atoms with van der Waals surface area (Å²) in [5.74, 6) is 0.680. The van der Waals surface area contributed by atoms with Crippen LogP contribution in [0.25, 0.3) is 0 Å². The van der Waals surface area contributed by atoms with Crippen LogP contribution >= 0.6 is 0 Å². The van der Waals surface area contributed by atoms with E-state index < -0.39 is 0 Å². The summed E-state index contributed by atoms with van der Waals surface area (Å²) in [6, 6.07) is 1.93. The second kappa shape index (κ2) is 3.77. The van der Waals surface area contributed by atoms with E-state index >= 15 is 0 Å². The van der Waals surface area contributed by atoms with Gasteiger partial charge in [-0.15, -0.1) is 0 Å². The number of rotatable bonds is 3. The predicted octanol–water partition coefficient (Wildman–Crippen LogP) is 2.86. The zero-order valence-corrected chi connectivity index (χ0v) is 8.77. The largest absolute Gasteiger partial charge is 0.362 e. The summed E-state index contributed by atoms with van der Waals surface area (Å²) in [5, 5.41) is 0. The van der Waals surface area contributed by atoms with Crippen LogP contribution in [0.4, 0.5) is 0 Å². The average Bonchev–Trinajstić information content (AvgIpc) is 2.28. The molecule has 1 aromatic rings. The fourth-order valence-corrected chi connectivity index (χ4v) is 1.49. The quantitative estimate of drug-likeness (QED) is 0.711. The summed E-state index contributed by atoms with van der Waals surface area (Å²) in [4.78, 5) is 14.8. The highest BCUT2D eigenvalue weighted by atomic mass is 16.1. The number of hydrogen-bond donors (Lipinski definition) is 1. The maximum atomic E-state index is 11.7. The number of aromatic nitrogens is 1. The molecule has 1 heterocycles. The predicted molar refractivity (Wildman–Crippen MR) is 54.1 cm³/mol. The molecule has 1 rings (SSSR count). The van der Waals surface area contributed by atoms with Crippen molar-refractivity contribution in [2.45, 2.75) is 34.1 Å². The van der Waals surface area contributed by atoms with Gasteiger partial charge in [-0.1, -0.05) is 13.8 Å². The molecule has 2 nitrogen and oxygen atoms in total.